The van der Waals surface area contributed by atoms with Crippen molar-refractivity contribution in [2.45, 2.75) is 33.5 Å². The Balaban J connectivity index is 1.23. The number of hydrogen-bond donors (Lipinski definition) is 1. The van der Waals surface area contributed by atoms with Crippen molar-refractivity contribution >= 4 is 45.7 Å². The van der Waals surface area contributed by atoms with Gasteiger partial charge in [0, 0.05) is 45.3 Å². The lowest BCUT2D eigenvalue weighted by Gasteiger charge is -2.35. The van der Waals surface area contributed by atoms with Gasteiger partial charge in [-0.3, -0.25) is 19.1 Å². The quantitative estimate of drug-likeness (QED) is 0.369. The van der Waals surface area contributed by atoms with Gasteiger partial charge in [-0.1, -0.05) is 29.3 Å². The first-order valence-electron chi connectivity index (χ1n) is 12.4. The number of nitrogens with zero attached hydrogens (tertiary/aromatic N) is 5. The fourth-order valence-electron chi connectivity index (χ4n) is 4.60. The number of nitrogens with one attached hydrogen (secondary N) is 1. The second kappa shape index (κ2) is 11.1. The number of benzene rings is 2. The van der Waals surface area contributed by atoms with Crippen LogP contribution in [0.25, 0.3) is 10.9 Å². The van der Waals surface area contributed by atoms with Crippen molar-refractivity contribution in [2.24, 2.45) is 0 Å². The minimum Gasteiger partial charge on any atom is -0.444 e. The Labute approximate surface area is 230 Å². The van der Waals surface area contributed by atoms with Gasteiger partial charge in [0.1, 0.15) is 12.3 Å². The third-order valence-electron chi connectivity index (χ3n) is 6.70. The molecule has 198 valence electrons. The Hall–Kier alpha value is -3.40. The van der Waals surface area contributed by atoms with Crippen LogP contribution in [-0.2, 0) is 24.4 Å². The highest BCUT2D eigenvalue weighted by Crippen LogP contribution is 2.23. The summed E-state index contributed by atoms with van der Waals surface area (Å²) in [6, 6.07) is 10.9. The van der Waals surface area contributed by atoms with Gasteiger partial charge in [0.15, 0.2) is 5.89 Å². The molecule has 0 bridgehead atoms. The SMILES string of the molecule is Cc1nc(C)c(CN2CCN(c3ccc4ncn(CC(=O)NCc5ccc(Cl)c(Cl)c5)c(=O)c4c3)CC2)o1. The number of halogens is 2. The van der Waals surface area contributed by atoms with E-state index in [9.17, 15) is 9.59 Å². The van der Waals surface area contributed by atoms with Crippen molar-refractivity contribution < 1.29 is 9.21 Å². The number of amides is 1. The minimum absolute atomic E-state index is 0.132. The zero-order valence-electron chi connectivity index (χ0n) is 21.2. The standard InChI is InChI=1S/C27H28Cl2N6O3/c1-17-25(38-18(2)32-17)14-33-7-9-34(10-8-33)20-4-6-24-21(12-20)27(37)35(16-31-24)15-26(36)30-13-19-3-5-22(28)23(29)11-19/h3-6,11-12,16H,7-10,13-15H2,1-2H3,(H,30,36). The number of aromatic nitrogens is 3. The molecule has 0 unspecified atom stereocenters. The largest absolute Gasteiger partial charge is 0.444 e. The molecule has 0 spiro atoms. The summed E-state index contributed by atoms with van der Waals surface area (Å²) in [5.74, 6) is 1.30. The molecule has 3 heterocycles. The molecule has 1 fully saturated rings. The van der Waals surface area contributed by atoms with Crippen molar-refractivity contribution in [3.05, 3.63) is 86.0 Å². The Bertz CT molecular complexity index is 1540. The van der Waals surface area contributed by atoms with Crippen molar-refractivity contribution in [3.8, 4) is 0 Å². The normalized spacial score (nSPS) is 14.3. The van der Waals surface area contributed by atoms with Gasteiger partial charge in [0.2, 0.25) is 5.91 Å². The fourth-order valence-corrected chi connectivity index (χ4v) is 4.93. The van der Waals surface area contributed by atoms with Crippen LogP contribution in [0.15, 0.2) is 51.9 Å². The molecule has 0 aliphatic carbocycles. The molecule has 0 radical (unpaired) electrons. The molecule has 1 N–H and O–H groups in total. The number of carbonyl (C=O) groups is 1. The van der Waals surface area contributed by atoms with E-state index in [0.717, 1.165) is 55.4 Å². The van der Waals surface area contributed by atoms with Crippen LogP contribution in [0.5, 0.6) is 0 Å². The molecule has 9 nitrogen and oxygen atoms in total. The van der Waals surface area contributed by atoms with Gasteiger partial charge in [-0.15, -0.1) is 0 Å². The first-order chi connectivity index (χ1) is 18.3. The molecule has 2 aromatic carbocycles. The minimum atomic E-state index is -0.302. The number of piperazine rings is 1. The first-order valence-corrected chi connectivity index (χ1v) is 13.1. The third-order valence-corrected chi connectivity index (χ3v) is 7.44. The van der Waals surface area contributed by atoms with Crippen LogP contribution in [0.2, 0.25) is 10.0 Å². The van der Waals surface area contributed by atoms with E-state index in [1.807, 2.05) is 32.0 Å². The predicted molar refractivity (Wildman–Crippen MR) is 148 cm³/mol. The first kappa shape index (κ1) is 26.2. The Morgan fingerprint density at radius 2 is 1.84 bits per heavy atom. The third kappa shape index (κ3) is 5.85. The van der Waals surface area contributed by atoms with Gasteiger partial charge in [-0.2, -0.15) is 0 Å². The maximum Gasteiger partial charge on any atom is 0.261 e. The van der Waals surface area contributed by atoms with Crippen LogP contribution in [0, 0.1) is 13.8 Å². The average Bonchev–Trinajstić information content (AvgIpc) is 3.22. The summed E-state index contributed by atoms with van der Waals surface area (Å²) in [5, 5.41) is 4.16. The average molecular weight is 555 g/mol. The van der Waals surface area contributed by atoms with Crippen molar-refractivity contribution in [3.63, 3.8) is 0 Å². The highest BCUT2D eigenvalue weighted by molar-refractivity contribution is 6.42. The number of rotatable bonds is 7. The summed E-state index contributed by atoms with van der Waals surface area (Å²) in [6.45, 7) is 8.09. The van der Waals surface area contributed by atoms with Crippen LogP contribution in [-0.4, -0.2) is 51.5 Å². The molecule has 2 aromatic heterocycles. The highest BCUT2D eigenvalue weighted by Gasteiger charge is 2.20. The summed E-state index contributed by atoms with van der Waals surface area (Å²) in [4.78, 5) is 39.1. The van der Waals surface area contributed by atoms with Crippen LogP contribution >= 0.6 is 23.2 Å². The van der Waals surface area contributed by atoms with Gasteiger partial charge >= 0.3 is 0 Å². The number of hydrogen-bond acceptors (Lipinski definition) is 7. The molecule has 0 saturated carbocycles. The molecular weight excluding hydrogens is 527 g/mol. The van der Waals surface area contributed by atoms with E-state index in [1.165, 1.54) is 10.9 Å². The lowest BCUT2D eigenvalue weighted by Crippen LogP contribution is -2.46. The van der Waals surface area contributed by atoms with Crippen LogP contribution in [0.4, 0.5) is 5.69 Å². The second-order valence-corrected chi connectivity index (χ2v) is 10.2. The Morgan fingerprint density at radius 3 is 2.55 bits per heavy atom. The fraction of sp³-hybridized carbons (Fsp3) is 0.333. The predicted octanol–water partition coefficient (Wildman–Crippen LogP) is 3.95. The summed E-state index contributed by atoms with van der Waals surface area (Å²) in [6.07, 6.45) is 1.41. The molecule has 1 saturated heterocycles. The number of anilines is 1. The molecule has 4 aromatic rings. The van der Waals surface area contributed by atoms with Gasteiger partial charge in [0.25, 0.3) is 5.56 Å². The molecule has 38 heavy (non-hydrogen) atoms. The maximum absolute atomic E-state index is 13.2. The monoisotopic (exact) mass is 554 g/mol. The van der Waals surface area contributed by atoms with E-state index in [1.54, 1.807) is 18.2 Å². The lowest BCUT2D eigenvalue weighted by molar-refractivity contribution is -0.121. The number of carbonyl (C=O) groups excluding carboxylic acids is 1. The molecule has 1 aliphatic heterocycles. The van der Waals surface area contributed by atoms with E-state index in [0.29, 0.717) is 26.8 Å². The summed E-state index contributed by atoms with van der Waals surface area (Å²) in [7, 11) is 0. The van der Waals surface area contributed by atoms with Crippen LogP contribution in [0.3, 0.4) is 0 Å². The maximum atomic E-state index is 13.2. The molecule has 1 amide bonds. The number of aryl methyl sites for hydroxylation is 2. The van der Waals surface area contributed by atoms with Gasteiger partial charge in [-0.25, -0.2) is 9.97 Å². The van der Waals surface area contributed by atoms with E-state index in [-0.39, 0.29) is 24.6 Å². The van der Waals surface area contributed by atoms with E-state index < -0.39 is 0 Å². The van der Waals surface area contributed by atoms with E-state index in [2.05, 4.69) is 25.1 Å². The second-order valence-electron chi connectivity index (χ2n) is 9.41. The highest BCUT2D eigenvalue weighted by atomic mass is 35.5. The lowest BCUT2D eigenvalue weighted by atomic mass is 10.2. The zero-order chi connectivity index (χ0) is 26.8. The van der Waals surface area contributed by atoms with E-state index in [4.69, 9.17) is 27.6 Å². The molecule has 1 aliphatic rings. The smallest absolute Gasteiger partial charge is 0.261 e. The molecule has 0 atom stereocenters. The topological polar surface area (TPSA) is 96.5 Å². The number of fused-ring (bicyclic) bond motifs is 1. The van der Waals surface area contributed by atoms with Crippen molar-refractivity contribution in [1.29, 1.82) is 0 Å². The summed E-state index contributed by atoms with van der Waals surface area (Å²) >= 11 is 12.0. The molecule has 5 rings (SSSR count). The van der Waals surface area contributed by atoms with Crippen molar-refractivity contribution in [1.82, 2.24) is 24.8 Å². The molecular formula is C27H28Cl2N6O3. The van der Waals surface area contributed by atoms with Crippen molar-refractivity contribution in [2.75, 3.05) is 31.1 Å². The summed E-state index contributed by atoms with van der Waals surface area (Å²) in [5.41, 5.74) is 3.06. The van der Waals surface area contributed by atoms with Gasteiger partial charge < -0.3 is 14.6 Å². The Morgan fingerprint density at radius 1 is 1.05 bits per heavy atom. The summed E-state index contributed by atoms with van der Waals surface area (Å²) < 4.78 is 7.06. The zero-order valence-corrected chi connectivity index (χ0v) is 22.7. The number of oxazole rings is 1. The van der Waals surface area contributed by atoms with Crippen LogP contribution < -0.4 is 15.8 Å². The van der Waals surface area contributed by atoms with Crippen LogP contribution in [0.1, 0.15) is 22.9 Å². The van der Waals surface area contributed by atoms with E-state index >= 15 is 0 Å². The van der Waals surface area contributed by atoms with Gasteiger partial charge in [-0.05, 0) is 42.8 Å². The van der Waals surface area contributed by atoms with Gasteiger partial charge in [0.05, 0.1) is 39.5 Å². The molecule has 11 heteroatoms. The Kier molecular flexibility index (Phi) is 7.69.